The molecule has 7 nitrogen and oxygen atoms in total. The summed E-state index contributed by atoms with van der Waals surface area (Å²) in [6.07, 6.45) is 3.64. The average molecular weight is 409 g/mol. The largest absolute Gasteiger partial charge is 0.416 e. The molecular weight excluding hydrogens is 382 g/mol. The van der Waals surface area contributed by atoms with Crippen molar-refractivity contribution >= 4 is 11.7 Å². The number of ether oxygens (including phenoxy) is 1. The van der Waals surface area contributed by atoms with Crippen LogP contribution in [0.1, 0.15) is 37.5 Å². The predicted molar refractivity (Wildman–Crippen MR) is 115 cm³/mol. The topological polar surface area (TPSA) is 96.1 Å². The SMILES string of the molecule is C=C(C)OC(=O)N[C@H](CCO)Cc1ccc(-c2cn3cccc(C(C)O)c3n2)cc1. The Balaban J connectivity index is 1.75. The van der Waals surface area contributed by atoms with Crippen LogP contribution in [0.4, 0.5) is 4.79 Å². The van der Waals surface area contributed by atoms with Gasteiger partial charge in [-0.3, -0.25) is 0 Å². The summed E-state index contributed by atoms with van der Waals surface area (Å²) in [6, 6.07) is 11.4. The molecule has 1 unspecified atom stereocenters. The van der Waals surface area contributed by atoms with Crippen LogP contribution in [0.25, 0.3) is 16.9 Å². The summed E-state index contributed by atoms with van der Waals surface area (Å²) in [5, 5.41) is 22.0. The number of rotatable bonds is 8. The summed E-state index contributed by atoms with van der Waals surface area (Å²) < 4.78 is 6.84. The number of aliphatic hydroxyl groups is 2. The van der Waals surface area contributed by atoms with Gasteiger partial charge < -0.3 is 24.7 Å². The summed E-state index contributed by atoms with van der Waals surface area (Å²) in [5.74, 6) is 0.311. The van der Waals surface area contributed by atoms with E-state index in [9.17, 15) is 15.0 Å². The summed E-state index contributed by atoms with van der Waals surface area (Å²) in [7, 11) is 0. The van der Waals surface area contributed by atoms with Crippen LogP contribution >= 0.6 is 0 Å². The molecule has 0 fully saturated rings. The Morgan fingerprint density at radius 2 is 2.03 bits per heavy atom. The van der Waals surface area contributed by atoms with Gasteiger partial charge >= 0.3 is 6.09 Å². The van der Waals surface area contributed by atoms with Crippen molar-refractivity contribution in [2.24, 2.45) is 0 Å². The van der Waals surface area contributed by atoms with Crippen molar-refractivity contribution in [2.75, 3.05) is 6.61 Å². The van der Waals surface area contributed by atoms with Crippen LogP contribution in [0.5, 0.6) is 0 Å². The molecule has 3 N–H and O–H groups in total. The maximum absolute atomic E-state index is 11.8. The van der Waals surface area contributed by atoms with E-state index in [2.05, 4.69) is 16.9 Å². The van der Waals surface area contributed by atoms with Crippen molar-refractivity contribution in [3.8, 4) is 11.3 Å². The molecule has 2 heterocycles. The molecule has 0 aliphatic rings. The van der Waals surface area contributed by atoms with E-state index in [4.69, 9.17) is 4.74 Å². The van der Waals surface area contributed by atoms with Crippen LogP contribution in [0.15, 0.2) is 61.1 Å². The minimum atomic E-state index is -0.598. The second-order valence-corrected chi connectivity index (χ2v) is 7.34. The van der Waals surface area contributed by atoms with Gasteiger partial charge in [-0.1, -0.05) is 36.9 Å². The number of alkyl carbamates (subject to hydrolysis) is 1. The molecule has 0 saturated carbocycles. The van der Waals surface area contributed by atoms with Gasteiger partial charge in [-0.25, -0.2) is 9.78 Å². The molecule has 3 rings (SSSR count). The number of hydrogen-bond acceptors (Lipinski definition) is 5. The molecule has 2 atom stereocenters. The van der Waals surface area contributed by atoms with Crippen LogP contribution in [-0.2, 0) is 11.2 Å². The number of nitrogens with one attached hydrogen (secondary N) is 1. The highest BCUT2D eigenvalue weighted by molar-refractivity contribution is 5.69. The number of carbonyl (C=O) groups excluding carboxylic acids is 1. The van der Waals surface area contributed by atoms with Crippen LogP contribution in [0, 0.1) is 0 Å². The molecule has 1 aromatic carbocycles. The van der Waals surface area contributed by atoms with Crippen molar-refractivity contribution in [2.45, 2.75) is 38.8 Å². The van der Waals surface area contributed by atoms with Crippen molar-refractivity contribution in [3.63, 3.8) is 0 Å². The Hall–Kier alpha value is -3.16. The van der Waals surface area contributed by atoms with Crippen molar-refractivity contribution < 1.29 is 19.7 Å². The van der Waals surface area contributed by atoms with Gasteiger partial charge in [0.2, 0.25) is 0 Å². The normalized spacial score (nSPS) is 13.1. The number of nitrogens with zero attached hydrogens (tertiary/aromatic N) is 2. The first-order valence-corrected chi connectivity index (χ1v) is 9.87. The van der Waals surface area contributed by atoms with Gasteiger partial charge in [0.05, 0.1) is 17.6 Å². The molecule has 30 heavy (non-hydrogen) atoms. The Labute approximate surface area is 175 Å². The van der Waals surface area contributed by atoms with E-state index >= 15 is 0 Å². The number of aromatic nitrogens is 2. The predicted octanol–water partition coefficient (Wildman–Crippen LogP) is 3.61. The molecule has 2 aromatic heterocycles. The minimum Gasteiger partial charge on any atom is -0.416 e. The van der Waals surface area contributed by atoms with E-state index in [1.165, 1.54) is 0 Å². The fourth-order valence-electron chi connectivity index (χ4n) is 3.33. The van der Waals surface area contributed by atoms with Gasteiger partial charge in [0.1, 0.15) is 5.65 Å². The standard InChI is InChI=1S/C23H27N3O4/c1-15(2)30-23(29)24-19(10-12-27)13-17-6-8-18(9-7-17)21-14-26-11-4-5-20(16(3)28)22(26)25-21/h4-9,11,14,16,19,27-28H,1,10,12-13H2,2-3H3,(H,24,29)/t16?,19-/m1/s1. The van der Waals surface area contributed by atoms with E-state index in [1.54, 1.807) is 13.8 Å². The molecule has 158 valence electrons. The van der Waals surface area contributed by atoms with Crippen molar-refractivity contribution in [1.29, 1.82) is 0 Å². The Bertz CT molecular complexity index is 1020. The molecule has 0 bridgehead atoms. The number of allylic oxidation sites excluding steroid dienone is 1. The molecule has 0 aliphatic heterocycles. The van der Waals surface area contributed by atoms with Crippen LogP contribution in [-0.4, -0.2) is 38.3 Å². The monoisotopic (exact) mass is 409 g/mol. The fraction of sp³-hybridized carbons (Fsp3) is 0.304. The van der Waals surface area contributed by atoms with E-state index in [0.29, 0.717) is 18.6 Å². The quantitative estimate of drug-likeness (QED) is 0.494. The molecule has 1 amide bonds. The Morgan fingerprint density at radius 3 is 2.67 bits per heavy atom. The van der Waals surface area contributed by atoms with Crippen molar-refractivity contribution in [3.05, 3.63) is 72.3 Å². The number of fused-ring (bicyclic) bond motifs is 1. The van der Waals surface area contributed by atoms with Crippen molar-refractivity contribution in [1.82, 2.24) is 14.7 Å². The third-order valence-electron chi connectivity index (χ3n) is 4.76. The first-order chi connectivity index (χ1) is 14.4. The first kappa shape index (κ1) is 21.5. The second-order valence-electron chi connectivity index (χ2n) is 7.34. The zero-order valence-corrected chi connectivity index (χ0v) is 17.2. The molecular formula is C23H27N3O4. The molecule has 0 saturated heterocycles. The van der Waals surface area contributed by atoms with Crippen LogP contribution < -0.4 is 5.32 Å². The third kappa shape index (κ3) is 5.25. The highest BCUT2D eigenvalue weighted by Crippen LogP contribution is 2.24. The number of pyridine rings is 1. The van der Waals surface area contributed by atoms with Gasteiger partial charge in [-0.05, 0) is 38.3 Å². The summed E-state index contributed by atoms with van der Waals surface area (Å²) in [4.78, 5) is 16.5. The number of benzene rings is 1. The minimum absolute atomic E-state index is 0.0387. The fourth-order valence-corrected chi connectivity index (χ4v) is 3.33. The Morgan fingerprint density at radius 1 is 1.30 bits per heavy atom. The second kappa shape index (κ2) is 9.56. The molecule has 0 aliphatic carbocycles. The number of hydrogen-bond donors (Lipinski definition) is 3. The van der Waals surface area contributed by atoms with E-state index < -0.39 is 12.2 Å². The maximum Gasteiger partial charge on any atom is 0.412 e. The Kier molecular flexibility index (Phi) is 6.87. The van der Waals surface area contributed by atoms with Crippen LogP contribution in [0.2, 0.25) is 0 Å². The summed E-state index contributed by atoms with van der Waals surface area (Å²) >= 11 is 0. The van der Waals surface area contributed by atoms with Gasteiger partial charge in [0.25, 0.3) is 0 Å². The zero-order valence-electron chi connectivity index (χ0n) is 17.2. The lowest BCUT2D eigenvalue weighted by Crippen LogP contribution is -2.37. The van der Waals surface area contributed by atoms with E-state index in [0.717, 1.165) is 28.0 Å². The summed E-state index contributed by atoms with van der Waals surface area (Å²) in [6.45, 7) is 6.83. The van der Waals surface area contributed by atoms with Crippen LogP contribution in [0.3, 0.4) is 0 Å². The smallest absolute Gasteiger partial charge is 0.412 e. The lowest BCUT2D eigenvalue weighted by atomic mass is 10.0. The molecule has 3 aromatic rings. The number of aliphatic hydroxyl groups excluding tert-OH is 2. The van der Waals surface area contributed by atoms with E-state index in [-0.39, 0.29) is 12.6 Å². The molecule has 0 spiro atoms. The highest BCUT2D eigenvalue weighted by atomic mass is 16.6. The van der Waals surface area contributed by atoms with Gasteiger partial charge in [0, 0.05) is 36.2 Å². The van der Waals surface area contributed by atoms with E-state index in [1.807, 2.05) is 53.2 Å². The summed E-state index contributed by atoms with van der Waals surface area (Å²) in [5.41, 5.74) is 4.29. The van der Waals surface area contributed by atoms with Gasteiger partial charge in [-0.2, -0.15) is 0 Å². The maximum atomic E-state index is 11.8. The number of carbonyl (C=O) groups is 1. The number of imidazole rings is 1. The van der Waals surface area contributed by atoms with Gasteiger partial charge in [0.15, 0.2) is 0 Å². The lowest BCUT2D eigenvalue weighted by molar-refractivity contribution is 0.168. The highest BCUT2D eigenvalue weighted by Gasteiger charge is 2.15. The number of amides is 1. The molecule has 0 radical (unpaired) electrons. The first-order valence-electron chi connectivity index (χ1n) is 9.87. The lowest BCUT2D eigenvalue weighted by Gasteiger charge is -2.17. The van der Waals surface area contributed by atoms with Gasteiger partial charge in [-0.15, -0.1) is 0 Å². The third-order valence-corrected chi connectivity index (χ3v) is 4.76. The average Bonchev–Trinajstić information content (AvgIpc) is 3.12. The molecule has 7 heteroatoms. The zero-order chi connectivity index (χ0) is 21.7.